The van der Waals surface area contributed by atoms with Crippen molar-refractivity contribution in [1.29, 1.82) is 0 Å². The Labute approximate surface area is 112 Å². The average Bonchev–Trinajstić information content (AvgIpc) is 2.25. The number of carbonyl (C=O) groups is 1. The minimum atomic E-state index is -4.69. The van der Waals surface area contributed by atoms with Gasteiger partial charge in [-0.05, 0) is 17.7 Å². The van der Waals surface area contributed by atoms with E-state index in [1.807, 2.05) is 0 Å². The molecule has 0 bridgehead atoms. The first kappa shape index (κ1) is 15.7. The lowest BCUT2D eigenvalue weighted by Gasteiger charge is -2.10. The molecule has 0 radical (unpaired) electrons. The van der Waals surface area contributed by atoms with Gasteiger partial charge in [0.05, 0.1) is 6.42 Å². The summed E-state index contributed by atoms with van der Waals surface area (Å²) in [6.07, 6.45) is -4.63. The highest BCUT2D eigenvalue weighted by Crippen LogP contribution is 2.25. The van der Waals surface area contributed by atoms with E-state index in [-0.39, 0.29) is 17.4 Å². The third-order valence-corrected chi connectivity index (χ3v) is 3.39. The van der Waals surface area contributed by atoms with Crippen LogP contribution in [-0.2, 0) is 10.5 Å². The molecule has 0 aliphatic carbocycles. The molecule has 0 heterocycles. The number of rotatable bonds is 6. The van der Waals surface area contributed by atoms with Crippen molar-refractivity contribution in [2.24, 2.45) is 0 Å². The van der Waals surface area contributed by atoms with Crippen molar-refractivity contribution in [3.05, 3.63) is 29.8 Å². The lowest BCUT2D eigenvalue weighted by Crippen LogP contribution is -2.17. The second kappa shape index (κ2) is 6.70. The smallest absolute Gasteiger partial charge is 0.481 e. The number of benzene rings is 1. The molecule has 0 aliphatic heterocycles. The van der Waals surface area contributed by atoms with Crippen molar-refractivity contribution in [3.8, 4) is 5.75 Å². The van der Waals surface area contributed by atoms with Crippen LogP contribution >= 0.6 is 11.8 Å². The van der Waals surface area contributed by atoms with Crippen molar-refractivity contribution in [3.63, 3.8) is 0 Å². The van der Waals surface area contributed by atoms with Crippen LogP contribution in [0.2, 0.25) is 0 Å². The van der Waals surface area contributed by atoms with Gasteiger partial charge in [0.15, 0.2) is 0 Å². The molecule has 1 aromatic carbocycles. The van der Waals surface area contributed by atoms with Crippen LogP contribution in [-0.4, -0.2) is 22.7 Å². The molecule has 1 aromatic rings. The first-order valence-corrected chi connectivity index (χ1v) is 6.49. The van der Waals surface area contributed by atoms with Crippen LogP contribution in [0.15, 0.2) is 24.3 Å². The molecule has 0 saturated carbocycles. The second-order valence-corrected chi connectivity index (χ2v) is 5.34. The van der Waals surface area contributed by atoms with Gasteiger partial charge in [-0.3, -0.25) is 4.79 Å². The Hall–Kier alpha value is -1.37. The summed E-state index contributed by atoms with van der Waals surface area (Å²) in [6, 6.07) is 5.54. The van der Waals surface area contributed by atoms with Gasteiger partial charge in [-0.25, -0.2) is 0 Å². The van der Waals surface area contributed by atoms with E-state index in [0.29, 0.717) is 5.75 Å². The van der Waals surface area contributed by atoms with Gasteiger partial charge in [-0.1, -0.05) is 19.1 Å². The van der Waals surface area contributed by atoms with Crippen molar-refractivity contribution in [1.82, 2.24) is 0 Å². The van der Waals surface area contributed by atoms with E-state index >= 15 is 0 Å². The van der Waals surface area contributed by atoms with E-state index < -0.39 is 12.3 Å². The topological polar surface area (TPSA) is 46.5 Å². The maximum atomic E-state index is 11.9. The summed E-state index contributed by atoms with van der Waals surface area (Å²) in [5.41, 5.74) is 0.816. The molecule has 0 fully saturated rings. The summed E-state index contributed by atoms with van der Waals surface area (Å²) in [7, 11) is 0. The Morgan fingerprint density at radius 2 is 1.95 bits per heavy atom. The summed E-state index contributed by atoms with van der Waals surface area (Å²) in [5, 5.41) is 8.54. The van der Waals surface area contributed by atoms with Crippen LogP contribution in [0.5, 0.6) is 5.75 Å². The van der Waals surface area contributed by atoms with Gasteiger partial charge >= 0.3 is 12.3 Å². The maximum absolute atomic E-state index is 11.9. The van der Waals surface area contributed by atoms with E-state index in [0.717, 1.165) is 5.56 Å². The third kappa shape index (κ3) is 6.95. The Kier molecular flexibility index (Phi) is 5.53. The van der Waals surface area contributed by atoms with Crippen molar-refractivity contribution < 1.29 is 27.8 Å². The van der Waals surface area contributed by atoms with Gasteiger partial charge < -0.3 is 9.84 Å². The van der Waals surface area contributed by atoms with Crippen LogP contribution < -0.4 is 4.74 Å². The summed E-state index contributed by atoms with van der Waals surface area (Å²) in [6.45, 7) is 1.79. The number of hydrogen-bond acceptors (Lipinski definition) is 3. The average molecular weight is 294 g/mol. The summed E-state index contributed by atoms with van der Waals surface area (Å²) < 4.78 is 39.6. The quantitative estimate of drug-likeness (QED) is 0.869. The Morgan fingerprint density at radius 1 is 1.37 bits per heavy atom. The monoisotopic (exact) mass is 294 g/mol. The van der Waals surface area contributed by atoms with Crippen molar-refractivity contribution in [2.75, 3.05) is 0 Å². The fourth-order valence-corrected chi connectivity index (χ4v) is 2.26. The molecule has 3 nitrogen and oxygen atoms in total. The molecule has 0 saturated heterocycles. The Balaban J connectivity index is 2.46. The number of ether oxygens (including phenoxy) is 1. The summed E-state index contributed by atoms with van der Waals surface area (Å²) >= 11 is 1.43. The number of halogens is 3. The van der Waals surface area contributed by atoms with E-state index in [2.05, 4.69) is 4.74 Å². The lowest BCUT2D eigenvalue weighted by molar-refractivity contribution is -0.274. The summed E-state index contributed by atoms with van der Waals surface area (Å²) in [4.78, 5) is 10.5. The van der Waals surface area contributed by atoms with Gasteiger partial charge in [-0.2, -0.15) is 11.8 Å². The molecule has 106 valence electrons. The molecule has 1 unspecified atom stereocenters. The molecular formula is C12H13F3O3S. The largest absolute Gasteiger partial charge is 0.573 e. The first-order chi connectivity index (χ1) is 8.76. The van der Waals surface area contributed by atoms with Crippen LogP contribution in [0.25, 0.3) is 0 Å². The number of thioether (sulfide) groups is 1. The molecule has 0 spiro atoms. The van der Waals surface area contributed by atoms with Gasteiger partial charge in [0, 0.05) is 11.0 Å². The van der Waals surface area contributed by atoms with Crippen LogP contribution in [0.3, 0.4) is 0 Å². The lowest BCUT2D eigenvalue weighted by atomic mass is 10.2. The predicted octanol–water partition coefficient (Wildman–Crippen LogP) is 3.68. The minimum Gasteiger partial charge on any atom is -0.481 e. The highest BCUT2D eigenvalue weighted by Gasteiger charge is 2.30. The Morgan fingerprint density at radius 3 is 2.42 bits per heavy atom. The van der Waals surface area contributed by atoms with Crippen LogP contribution in [0, 0.1) is 0 Å². The normalized spacial score (nSPS) is 13.1. The molecule has 0 aromatic heterocycles. The zero-order chi connectivity index (χ0) is 14.5. The van der Waals surface area contributed by atoms with E-state index in [4.69, 9.17) is 5.11 Å². The minimum absolute atomic E-state index is 0.0522. The molecular weight excluding hydrogens is 281 g/mol. The fourth-order valence-electron chi connectivity index (χ4n) is 1.33. The maximum Gasteiger partial charge on any atom is 0.573 e. The fraction of sp³-hybridized carbons (Fsp3) is 0.417. The molecule has 7 heteroatoms. The third-order valence-electron chi connectivity index (χ3n) is 2.15. The molecule has 1 atom stereocenters. The van der Waals surface area contributed by atoms with Crippen LogP contribution in [0.4, 0.5) is 13.2 Å². The number of aliphatic carboxylic acids is 1. The zero-order valence-corrected chi connectivity index (χ0v) is 10.9. The Bertz CT molecular complexity index is 417. The number of carboxylic acid groups (broad SMARTS) is 1. The highest BCUT2D eigenvalue weighted by molar-refractivity contribution is 7.99. The van der Waals surface area contributed by atoms with Crippen molar-refractivity contribution in [2.45, 2.75) is 30.7 Å². The molecule has 1 rings (SSSR count). The van der Waals surface area contributed by atoms with E-state index in [9.17, 15) is 18.0 Å². The molecule has 0 amide bonds. The highest BCUT2D eigenvalue weighted by atomic mass is 32.2. The molecule has 19 heavy (non-hydrogen) atoms. The van der Waals surface area contributed by atoms with Crippen molar-refractivity contribution >= 4 is 17.7 Å². The van der Waals surface area contributed by atoms with Gasteiger partial charge in [-0.15, -0.1) is 13.2 Å². The summed E-state index contributed by atoms with van der Waals surface area (Å²) in [5.74, 6) is -0.588. The SMILES string of the molecule is CC(CC(=O)O)SCc1ccc(OC(F)(F)F)cc1. The van der Waals surface area contributed by atoms with E-state index in [1.165, 1.54) is 36.0 Å². The zero-order valence-electron chi connectivity index (χ0n) is 10.1. The van der Waals surface area contributed by atoms with Gasteiger partial charge in [0.1, 0.15) is 5.75 Å². The predicted molar refractivity (Wildman–Crippen MR) is 66.1 cm³/mol. The first-order valence-electron chi connectivity index (χ1n) is 5.44. The number of carboxylic acids is 1. The standard InChI is InChI=1S/C12H13F3O3S/c1-8(6-11(16)17)19-7-9-2-4-10(5-3-9)18-12(13,14)15/h2-5,8H,6-7H2,1H3,(H,16,17). The molecule has 1 N–H and O–H groups in total. The van der Waals surface area contributed by atoms with Gasteiger partial charge in [0.25, 0.3) is 0 Å². The second-order valence-electron chi connectivity index (χ2n) is 3.91. The number of alkyl halides is 3. The van der Waals surface area contributed by atoms with E-state index in [1.54, 1.807) is 6.92 Å². The van der Waals surface area contributed by atoms with Gasteiger partial charge in [0.2, 0.25) is 0 Å². The molecule has 0 aliphatic rings. The van der Waals surface area contributed by atoms with Crippen LogP contribution in [0.1, 0.15) is 18.9 Å². The number of hydrogen-bond donors (Lipinski definition) is 1.